The maximum atomic E-state index is 10.6. The molecule has 0 fully saturated rings. The third kappa shape index (κ3) is 3.00. The molecule has 1 atom stereocenters. The van der Waals surface area contributed by atoms with Gasteiger partial charge in [0.15, 0.2) is 0 Å². The van der Waals surface area contributed by atoms with E-state index in [1.165, 1.54) is 0 Å². The molecule has 1 N–H and O–H groups in total. The van der Waals surface area contributed by atoms with Gasteiger partial charge < -0.3 is 14.6 Å². The lowest BCUT2D eigenvalue weighted by atomic mass is 9.86. The van der Waals surface area contributed by atoms with Crippen LogP contribution in [-0.4, -0.2) is 29.4 Å². The number of methoxy groups -OCH3 is 1. The Hall–Kier alpha value is -1.13. The van der Waals surface area contributed by atoms with Gasteiger partial charge in [-0.1, -0.05) is 13.8 Å². The molecule has 0 spiro atoms. The molecule has 1 rings (SSSR count). The van der Waals surface area contributed by atoms with Gasteiger partial charge in [0.25, 0.3) is 0 Å². The van der Waals surface area contributed by atoms with Crippen LogP contribution in [0.4, 0.5) is 0 Å². The number of ether oxygens (including phenoxy) is 2. The average Bonchev–Trinajstić information content (AvgIpc) is 2.44. The van der Waals surface area contributed by atoms with Crippen LogP contribution in [-0.2, 0) is 4.74 Å². The predicted octanol–water partition coefficient (Wildman–Crippen LogP) is 2.72. The number of hydrogen-bond acceptors (Lipinski definition) is 4. The van der Waals surface area contributed by atoms with Gasteiger partial charge in [-0.3, -0.25) is 4.98 Å². The molecule has 0 aliphatic carbocycles. The summed E-state index contributed by atoms with van der Waals surface area (Å²) in [6.07, 6.45) is 4.07. The van der Waals surface area contributed by atoms with Crippen LogP contribution in [0.1, 0.15) is 45.3 Å². The molecule has 4 nitrogen and oxygen atoms in total. The second-order valence-electron chi connectivity index (χ2n) is 4.27. The van der Waals surface area contributed by atoms with Gasteiger partial charge in [0.2, 0.25) is 0 Å². The molecule has 0 aromatic carbocycles. The molecule has 1 aromatic heterocycles. The second-order valence-corrected chi connectivity index (χ2v) is 4.27. The highest BCUT2D eigenvalue weighted by molar-refractivity contribution is 5.26. The lowest BCUT2D eigenvalue weighted by Gasteiger charge is -2.36. The number of rotatable bonds is 7. The van der Waals surface area contributed by atoms with Gasteiger partial charge in [-0.2, -0.15) is 0 Å². The van der Waals surface area contributed by atoms with E-state index in [0.29, 0.717) is 12.4 Å². The minimum atomic E-state index is -0.699. The van der Waals surface area contributed by atoms with Crippen molar-refractivity contribution in [3.8, 4) is 5.75 Å². The maximum Gasteiger partial charge on any atom is 0.137 e. The normalized spacial score (nSPS) is 13.4. The number of aliphatic hydroxyl groups excluding tert-OH is 1. The van der Waals surface area contributed by atoms with Gasteiger partial charge in [-0.15, -0.1) is 0 Å². The number of aromatic nitrogens is 1. The molecular formula is C14H23NO3. The minimum Gasteiger partial charge on any atom is -0.495 e. The van der Waals surface area contributed by atoms with Crippen LogP contribution >= 0.6 is 0 Å². The van der Waals surface area contributed by atoms with E-state index in [9.17, 15) is 5.11 Å². The summed E-state index contributed by atoms with van der Waals surface area (Å²) in [7, 11) is 1.59. The van der Waals surface area contributed by atoms with E-state index < -0.39 is 11.7 Å². The van der Waals surface area contributed by atoms with Crippen molar-refractivity contribution in [2.24, 2.45) is 0 Å². The van der Waals surface area contributed by atoms with E-state index in [-0.39, 0.29) is 0 Å². The topological polar surface area (TPSA) is 51.6 Å². The molecule has 4 heteroatoms. The highest BCUT2D eigenvalue weighted by Crippen LogP contribution is 2.35. The Morgan fingerprint density at radius 1 is 1.28 bits per heavy atom. The first-order valence-corrected chi connectivity index (χ1v) is 6.44. The third-order valence-electron chi connectivity index (χ3n) is 3.41. The van der Waals surface area contributed by atoms with Gasteiger partial charge in [0.1, 0.15) is 11.9 Å². The van der Waals surface area contributed by atoms with Crippen molar-refractivity contribution in [1.82, 2.24) is 4.98 Å². The van der Waals surface area contributed by atoms with E-state index in [2.05, 4.69) is 4.98 Å². The van der Waals surface area contributed by atoms with Crippen LogP contribution in [0.3, 0.4) is 0 Å². The van der Waals surface area contributed by atoms with Crippen molar-refractivity contribution in [2.75, 3.05) is 13.7 Å². The molecule has 1 aromatic rings. The van der Waals surface area contributed by atoms with Crippen LogP contribution < -0.4 is 4.74 Å². The van der Waals surface area contributed by atoms with Gasteiger partial charge >= 0.3 is 0 Å². The zero-order valence-corrected chi connectivity index (χ0v) is 11.6. The lowest BCUT2D eigenvalue weighted by molar-refractivity contribution is -0.127. The largest absolute Gasteiger partial charge is 0.495 e. The summed E-state index contributed by atoms with van der Waals surface area (Å²) in [6.45, 7) is 6.57. The molecule has 0 saturated carbocycles. The molecule has 0 aliphatic rings. The molecule has 1 unspecified atom stereocenters. The lowest BCUT2D eigenvalue weighted by Crippen LogP contribution is -2.38. The Kier molecular flexibility index (Phi) is 5.56. The molecule has 102 valence electrons. The van der Waals surface area contributed by atoms with Crippen LogP contribution in [0.5, 0.6) is 5.75 Å². The van der Waals surface area contributed by atoms with Crippen molar-refractivity contribution in [1.29, 1.82) is 0 Å². The summed E-state index contributed by atoms with van der Waals surface area (Å²) in [6, 6.07) is 1.80. The maximum absolute atomic E-state index is 10.6. The zero-order valence-electron chi connectivity index (χ0n) is 11.6. The molecule has 0 amide bonds. The van der Waals surface area contributed by atoms with Crippen LogP contribution in [0.25, 0.3) is 0 Å². The van der Waals surface area contributed by atoms with E-state index in [4.69, 9.17) is 9.47 Å². The van der Waals surface area contributed by atoms with Gasteiger partial charge in [0, 0.05) is 18.4 Å². The summed E-state index contributed by atoms with van der Waals surface area (Å²) in [5, 5.41) is 10.6. The van der Waals surface area contributed by atoms with Gasteiger partial charge in [0.05, 0.1) is 18.9 Å². The molecule has 1 heterocycles. The van der Waals surface area contributed by atoms with E-state index in [0.717, 1.165) is 18.4 Å². The van der Waals surface area contributed by atoms with Gasteiger partial charge in [-0.05, 0) is 25.8 Å². The molecule has 0 bridgehead atoms. The SMILES string of the molecule is CCOC(CC)(CC)C(O)c1cncc(OC)c1. The van der Waals surface area contributed by atoms with E-state index in [1.54, 1.807) is 25.6 Å². The third-order valence-corrected chi connectivity index (χ3v) is 3.41. The summed E-state index contributed by atoms with van der Waals surface area (Å²) in [5.41, 5.74) is 0.175. The first-order chi connectivity index (χ1) is 8.63. The van der Waals surface area contributed by atoms with Crippen LogP contribution in [0.2, 0.25) is 0 Å². The Morgan fingerprint density at radius 3 is 2.44 bits per heavy atom. The first-order valence-electron chi connectivity index (χ1n) is 6.44. The van der Waals surface area contributed by atoms with Gasteiger partial charge in [-0.25, -0.2) is 0 Å². The highest BCUT2D eigenvalue weighted by atomic mass is 16.5. The first kappa shape index (κ1) is 14.9. The van der Waals surface area contributed by atoms with Crippen molar-refractivity contribution in [2.45, 2.75) is 45.3 Å². The van der Waals surface area contributed by atoms with E-state index >= 15 is 0 Å². The number of aliphatic hydroxyl groups is 1. The minimum absolute atomic E-state index is 0.553. The Bertz CT molecular complexity index is 364. The monoisotopic (exact) mass is 253 g/mol. The molecule has 0 radical (unpaired) electrons. The molecular weight excluding hydrogens is 230 g/mol. The zero-order chi connectivity index (χ0) is 13.6. The molecule has 0 aliphatic heterocycles. The van der Waals surface area contributed by atoms with E-state index in [1.807, 2.05) is 20.8 Å². The van der Waals surface area contributed by atoms with Crippen LogP contribution in [0.15, 0.2) is 18.5 Å². The second kappa shape index (κ2) is 6.71. The fourth-order valence-corrected chi connectivity index (χ4v) is 2.21. The standard InChI is InChI=1S/C14H23NO3/c1-5-14(6-2,18-7-3)13(16)11-8-12(17-4)10-15-9-11/h8-10,13,16H,5-7H2,1-4H3. The van der Waals surface area contributed by atoms with Crippen molar-refractivity contribution in [3.63, 3.8) is 0 Å². The number of hydrogen-bond donors (Lipinski definition) is 1. The summed E-state index contributed by atoms with van der Waals surface area (Å²) >= 11 is 0. The summed E-state index contributed by atoms with van der Waals surface area (Å²) in [4.78, 5) is 4.08. The number of pyridine rings is 1. The summed E-state index contributed by atoms with van der Waals surface area (Å²) < 4.78 is 10.9. The number of nitrogens with zero attached hydrogens (tertiary/aromatic N) is 1. The predicted molar refractivity (Wildman–Crippen MR) is 70.7 cm³/mol. The van der Waals surface area contributed by atoms with Crippen molar-refractivity contribution in [3.05, 3.63) is 24.0 Å². The smallest absolute Gasteiger partial charge is 0.137 e. The Balaban J connectivity index is 3.04. The molecule has 18 heavy (non-hydrogen) atoms. The van der Waals surface area contributed by atoms with Crippen LogP contribution in [0, 0.1) is 0 Å². The Morgan fingerprint density at radius 2 is 1.94 bits per heavy atom. The highest BCUT2D eigenvalue weighted by Gasteiger charge is 2.36. The van der Waals surface area contributed by atoms with Crippen molar-refractivity contribution >= 4 is 0 Å². The summed E-state index contributed by atoms with van der Waals surface area (Å²) in [5.74, 6) is 0.643. The fourth-order valence-electron chi connectivity index (χ4n) is 2.21. The Labute approximate surface area is 109 Å². The fraction of sp³-hybridized carbons (Fsp3) is 0.643. The average molecular weight is 253 g/mol. The quantitative estimate of drug-likeness (QED) is 0.811. The van der Waals surface area contributed by atoms with Crippen molar-refractivity contribution < 1.29 is 14.6 Å². The molecule has 0 saturated heterocycles.